The van der Waals surface area contributed by atoms with Gasteiger partial charge in [0.1, 0.15) is 6.04 Å². The molecule has 0 saturated heterocycles. The summed E-state index contributed by atoms with van der Waals surface area (Å²) in [5.74, 6) is 0. The number of hydrogen-bond acceptors (Lipinski definition) is 3. The van der Waals surface area contributed by atoms with Crippen LogP contribution >= 0.6 is 0 Å². The summed E-state index contributed by atoms with van der Waals surface area (Å²) in [6, 6.07) is -2.58. The maximum Gasteiger partial charge on any atom is 0.405 e. The molecule has 0 radical (unpaired) electrons. The third-order valence-electron chi connectivity index (χ3n) is 3.31. The smallest absolute Gasteiger partial charge is 0.396 e. The van der Waals surface area contributed by atoms with Crippen LogP contribution in [0.5, 0.6) is 0 Å². The second kappa shape index (κ2) is 6.02. The standard InChI is InChI=1S/C11H21F3N2O/c1-8(15)10(11(12,13)14)16(6-3-7-17)9-4-2-5-9/h8-10,17H,2-7,15H2,1H3. The first-order chi connectivity index (χ1) is 7.88. The third kappa shape index (κ3) is 3.82. The molecule has 1 rings (SSSR count). The molecule has 0 heterocycles. The molecule has 6 heteroatoms. The van der Waals surface area contributed by atoms with Crippen molar-refractivity contribution in [3.05, 3.63) is 0 Å². The van der Waals surface area contributed by atoms with Crippen molar-refractivity contribution < 1.29 is 18.3 Å². The normalized spacial score (nSPS) is 21.4. The van der Waals surface area contributed by atoms with Gasteiger partial charge in [-0.25, -0.2) is 0 Å². The molecule has 17 heavy (non-hydrogen) atoms. The Morgan fingerprint density at radius 2 is 2.00 bits per heavy atom. The molecule has 102 valence electrons. The Bertz CT molecular complexity index is 229. The Labute approximate surface area is 99.8 Å². The summed E-state index contributed by atoms with van der Waals surface area (Å²) in [7, 11) is 0. The number of rotatable bonds is 6. The van der Waals surface area contributed by atoms with E-state index in [9.17, 15) is 13.2 Å². The van der Waals surface area contributed by atoms with Crippen molar-refractivity contribution in [3.8, 4) is 0 Å². The van der Waals surface area contributed by atoms with Crippen molar-refractivity contribution in [1.82, 2.24) is 4.90 Å². The van der Waals surface area contributed by atoms with Gasteiger partial charge in [-0.2, -0.15) is 13.2 Å². The number of nitrogens with two attached hydrogens (primary N) is 1. The molecule has 0 aromatic carbocycles. The van der Waals surface area contributed by atoms with Gasteiger partial charge in [-0.05, 0) is 26.2 Å². The summed E-state index contributed by atoms with van der Waals surface area (Å²) in [6.07, 6.45) is -1.38. The molecule has 0 bridgehead atoms. The van der Waals surface area contributed by atoms with E-state index in [1.807, 2.05) is 0 Å². The Balaban J connectivity index is 2.75. The third-order valence-corrected chi connectivity index (χ3v) is 3.31. The Kier molecular flexibility index (Phi) is 5.22. The Morgan fingerprint density at radius 1 is 1.41 bits per heavy atom. The van der Waals surface area contributed by atoms with E-state index in [0.717, 1.165) is 19.3 Å². The molecule has 0 aromatic heterocycles. The van der Waals surface area contributed by atoms with Crippen LogP contribution in [-0.4, -0.2) is 47.5 Å². The molecule has 0 aromatic rings. The van der Waals surface area contributed by atoms with Crippen LogP contribution in [0.3, 0.4) is 0 Å². The van der Waals surface area contributed by atoms with Crippen molar-refractivity contribution >= 4 is 0 Å². The van der Waals surface area contributed by atoms with Gasteiger partial charge in [0.05, 0.1) is 0 Å². The van der Waals surface area contributed by atoms with Gasteiger partial charge in [-0.15, -0.1) is 0 Å². The van der Waals surface area contributed by atoms with E-state index in [-0.39, 0.29) is 19.2 Å². The largest absolute Gasteiger partial charge is 0.405 e. The van der Waals surface area contributed by atoms with Gasteiger partial charge in [-0.3, -0.25) is 4.90 Å². The highest BCUT2D eigenvalue weighted by Crippen LogP contribution is 2.34. The Morgan fingerprint density at radius 3 is 2.29 bits per heavy atom. The lowest BCUT2D eigenvalue weighted by Crippen LogP contribution is -2.59. The monoisotopic (exact) mass is 254 g/mol. The number of aliphatic hydroxyl groups is 1. The van der Waals surface area contributed by atoms with E-state index >= 15 is 0 Å². The molecule has 0 amide bonds. The van der Waals surface area contributed by atoms with Crippen molar-refractivity contribution in [2.45, 2.75) is 56.9 Å². The molecule has 2 atom stereocenters. The van der Waals surface area contributed by atoms with Crippen LogP contribution in [0.2, 0.25) is 0 Å². The second-order valence-electron chi connectivity index (χ2n) is 4.75. The topological polar surface area (TPSA) is 49.5 Å². The lowest BCUT2D eigenvalue weighted by Gasteiger charge is -2.44. The van der Waals surface area contributed by atoms with Gasteiger partial charge >= 0.3 is 6.18 Å². The van der Waals surface area contributed by atoms with Gasteiger partial charge in [0.15, 0.2) is 0 Å². The number of aliphatic hydroxyl groups excluding tert-OH is 1. The summed E-state index contributed by atoms with van der Waals surface area (Å²) in [5.41, 5.74) is 5.49. The number of hydrogen-bond donors (Lipinski definition) is 2. The molecule has 2 unspecified atom stereocenters. The summed E-state index contributed by atoms with van der Waals surface area (Å²) in [4.78, 5) is 1.43. The van der Waals surface area contributed by atoms with Gasteiger partial charge in [-0.1, -0.05) is 6.42 Å². The molecule has 0 spiro atoms. The molecule has 3 N–H and O–H groups in total. The van der Waals surface area contributed by atoms with Gasteiger partial charge in [0, 0.05) is 25.2 Å². The molecule has 1 aliphatic carbocycles. The van der Waals surface area contributed by atoms with Crippen LogP contribution < -0.4 is 5.73 Å². The second-order valence-corrected chi connectivity index (χ2v) is 4.75. The van der Waals surface area contributed by atoms with E-state index in [4.69, 9.17) is 10.8 Å². The fourth-order valence-electron chi connectivity index (χ4n) is 2.31. The fourth-order valence-corrected chi connectivity index (χ4v) is 2.31. The Hall–Kier alpha value is -0.330. The zero-order valence-electron chi connectivity index (χ0n) is 10.1. The van der Waals surface area contributed by atoms with Crippen LogP contribution in [0.15, 0.2) is 0 Å². The molecule has 1 fully saturated rings. The summed E-state index contributed by atoms with van der Waals surface area (Å²) >= 11 is 0. The van der Waals surface area contributed by atoms with E-state index in [1.165, 1.54) is 11.8 Å². The van der Waals surface area contributed by atoms with Crippen LogP contribution in [0.4, 0.5) is 13.2 Å². The first kappa shape index (κ1) is 14.7. The van der Waals surface area contributed by atoms with E-state index < -0.39 is 18.3 Å². The van der Waals surface area contributed by atoms with Crippen LogP contribution in [-0.2, 0) is 0 Å². The summed E-state index contributed by atoms with van der Waals surface area (Å²) in [6.45, 7) is 1.56. The average molecular weight is 254 g/mol. The van der Waals surface area contributed by atoms with Crippen LogP contribution in [0.25, 0.3) is 0 Å². The molecule has 3 nitrogen and oxygen atoms in total. The zero-order chi connectivity index (χ0) is 13.1. The first-order valence-electron chi connectivity index (χ1n) is 6.06. The van der Waals surface area contributed by atoms with Gasteiger partial charge in [0.2, 0.25) is 0 Å². The first-order valence-corrected chi connectivity index (χ1v) is 6.06. The summed E-state index contributed by atoms with van der Waals surface area (Å²) in [5, 5.41) is 8.77. The highest BCUT2D eigenvalue weighted by atomic mass is 19.4. The number of alkyl halides is 3. The van der Waals surface area contributed by atoms with Crippen molar-refractivity contribution in [1.29, 1.82) is 0 Å². The predicted molar refractivity (Wildman–Crippen MR) is 59.5 cm³/mol. The minimum atomic E-state index is -4.31. The zero-order valence-corrected chi connectivity index (χ0v) is 10.1. The molecule has 1 aliphatic rings. The molecular weight excluding hydrogens is 233 g/mol. The van der Waals surface area contributed by atoms with Crippen LogP contribution in [0, 0.1) is 0 Å². The van der Waals surface area contributed by atoms with Crippen molar-refractivity contribution in [2.24, 2.45) is 5.73 Å². The molecule has 0 aliphatic heterocycles. The van der Waals surface area contributed by atoms with Crippen molar-refractivity contribution in [2.75, 3.05) is 13.2 Å². The van der Waals surface area contributed by atoms with Crippen LogP contribution in [0.1, 0.15) is 32.6 Å². The SMILES string of the molecule is CC(N)C(N(CCCO)C1CCC1)C(F)(F)F. The lowest BCUT2D eigenvalue weighted by molar-refractivity contribution is -0.198. The highest BCUT2D eigenvalue weighted by molar-refractivity contribution is 4.92. The van der Waals surface area contributed by atoms with Gasteiger partial charge < -0.3 is 10.8 Å². The average Bonchev–Trinajstić information content (AvgIpc) is 2.07. The predicted octanol–water partition coefficient (Wildman–Crippen LogP) is 1.50. The van der Waals surface area contributed by atoms with E-state index in [1.54, 1.807) is 0 Å². The van der Waals surface area contributed by atoms with E-state index in [2.05, 4.69) is 0 Å². The number of nitrogens with zero attached hydrogens (tertiary/aromatic N) is 1. The maximum absolute atomic E-state index is 13.0. The van der Waals surface area contributed by atoms with Gasteiger partial charge in [0.25, 0.3) is 0 Å². The van der Waals surface area contributed by atoms with E-state index in [0.29, 0.717) is 6.42 Å². The summed E-state index contributed by atoms with van der Waals surface area (Å²) < 4.78 is 39.0. The molecule has 1 saturated carbocycles. The fraction of sp³-hybridized carbons (Fsp3) is 1.00. The molecular formula is C11H21F3N2O. The quantitative estimate of drug-likeness (QED) is 0.755. The van der Waals surface area contributed by atoms with Crippen molar-refractivity contribution in [3.63, 3.8) is 0 Å². The highest BCUT2D eigenvalue weighted by Gasteiger charge is 2.48. The minimum Gasteiger partial charge on any atom is -0.396 e. The minimum absolute atomic E-state index is 0.0285. The number of halogens is 3. The maximum atomic E-state index is 13.0. The lowest BCUT2D eigenvalue weighted by atomic mass is 9.89.